The zero-order chi connectivity index (χ0) is 14.1. The summed E-state index contributed by atoms with van der Waals surface area (Å²) in [5, 5.41) is 3.37. The number of ether oxygens (including phenoxy) is 2. The first-order valence-corrected chi connectivity index (χ1v) is 7.12. The molecular formula is C16H27NO2. The van der Waals surface area contributed by atoms with Crippen molar-refractivity contribution >= 4 is 0 Å². The van der Waals surface area contributed by atoms with Gasteiger partial charge in [0.15, 0.2) is 11.5 Å². The molecular weight excluding hydrogens is 238 g/mol. The maximum absolute atomic E-state index is 5.33. The zero-order valence-corrected chi connectivity index (χ0v) is 12.7. The predicted octanol–water partition coefficient (Wildman–Crippen LogP) is 3.27. The molecule has 0 aliphatic carbocycles. The molecule has 1 N–H and O–H groups in total. The third-order valence-electron chi connectivity index (χ3n) is 3.44. The second-order valence-corrected chi connectivity index (χ2v) is 4.98. The lowest BCUT2D eigenvalue weighted by Crippen LogP contribution is -2.16. The van der Waals surface area contributed by atoms with Gasteiger partial charge in [-0.1, -0.05) is 19.9 Å². The molecule has 1 aromatic carbocycles. The van der Waals surface area contributed by atoms with Crippen LogP contribution in [0.3, 0.4) is 0 Å². The van der Waals surface area contributed by atoms with Gasteiger partial charge in [0.1, 0.15) is 0 Å². The third kappa shape index (κ3) is 5.52. The van der Waals surface area contributed by atoms with E-state index in [9.17, 15) is 0 Å². The fraction of sp³-hybridized carbons (Fsp3) is 0.625. The van der Waals surface area contributed by atoms with Crippen LogP contribution in [0.5, 0.6) is 11.5 Å². The molecule has 0 amide bonds. The minimum atomic E-state index is 0.743. The normalized spacial score (nSPS) is 12.2. The Kier molecular flexibility index (Phi) is 7.34. The molecule has 0 radical (unpaired) electrons. The van der Waals surface area contributed by atoms with E-state index in [4.69, 9.17) is 9.47 Å². The number of aryl methyl sites for hydroxylation is 1. The van der Waals surface area contributed by atoms with E-state index in [0.717, 1.165) is 36.9 Å². The van der Waals surface area contributed by atoms with E-state index in [1.807, 2.05) is 6.07 Å². The summed E-state index contributed by atoms with van der Waals surface area (Å²) >= 11 is 0. The van der Waals surface area contributed by atoms with Crippen LogP contribution in [0.2, 0.25) is 0 Å². The highest BCUT2D eigenvalue weighted by molar-refractivity contribution is 5.42. The van der Waals surface area contributed by atoms with Gasteiger partial charge in [-0.15, -0.1) is 0 Å². The Morgan fingerprint density at radius 2 is 1.84 bits per heavy atom. The van der Waals surface area contributed by atoms with Crippen molar-refractivity contribution in [3.05, 3.63) is 23.8 Å². The van der Waals surface area contributed by atoms with E-state index in [1.165, 1.54) is 18.4 Å². The van der Waals surface area contributed by atoms with Crippen LogP contribution in [-0.2, 0) is 6.42 Å². The highest BCUT2D eigenvalue weighted by Gasteiger charge is 2.06. The van der Waals surface area contributed by atoms with Crippen LogP contribution >= 0.6 is 0 Å². The predicted molar refractivity (Wildman–Crippen MR) is 80.2 cm³/mol. The summed E-state index contributed by atoms with van der Waals surface area (Å²) in [6.45, 7) is 6.64. The monoisotopic (exact) mass is 265 g/mol. The molecule has 0 aromatic heterocycles. The molecule has 1 unspecified atom stereocenters. The molecule has 0 saturated heterocycles. The smallest absolute Gasteiger partial charge is 0.160 e. The van der Waals surface area contributed by atoms with Gasteiger partial charge in [-0.05, 0) is 56.0 Å². The number of hydrogen-bond acceptors (Lipinski definition) is 3. The summed E-state index contributed by atoms with van der Waals surface area (Å²) in [6.07, 6.45) is 3.54. The van der Waals surface area contributed by atoms with E-state index in [2.05, 4.69) is 31.3 Å². The summed E-state index contributed by atoms with van der Waals surface area (Å²) in [5.41, 5.74) is 1.31. The van der Waals surface area contributed by atoms with Crippen molar-refractivity contribution in [2.45, 2.75) is 33.1 Å². The molecule has 1 rings (SSSR count). The van der Waals surface area contributed by atoms with Gasteiger partial charge < -0.3 is 14.8 Å². The van der Waals surface area contributed by atoms with E-state index >= 15 is 0 Å². The van der Waals surface area contributed by atoms with Crippen LogP contribution in [0.1, 0.15) is 32.3 Å². The van der Waals surface area contributed by atoms with Crippen LogP contribution in [0, 0.1) is 5.92 Å². The topological polar surface area (TPSA) is 30.5 Å². The van der Waals surface area contributed by atoms with Gasteiger partial charge in [-0.25, -0.2) is 0 Å². The van der Waals surface area contributed by atoms with Gasteiger partial charge >= 0.3 is 0 Å². The standard InChI is InChI=1S/C16H27NO2/c1-5-17-11-10-13(2)6-7-14-8-9-15(18-3)16(12-14)19-4/h8-9,12-13,17H,5-7,10-11H2,1-4H3. The van der Waals surface area contributed by atoms with Gasteiger partial charge in [0.05, 0.1) is 14.2 Å². The van der Waals surface area contributed by atoms with E-state index in [-0.39, 0.29) is 0 Å². The SMILES string of the molecule is CCNCCC(C)CCc1ccc(OC)c(OC)c1. The Balaban J connectivity index is 2.44. The van der Waals surface area contributed by atoms with E-state index in [1.54, 1.807) is 14.2 Å². The number of rotatable bonds is 9. The van der Waals surface area contributed by atoms with Gasteiger partial charge in [0.2, 0.25) is 0 Å². The Morgan fingerprint density at radius 1 is 1.11 bits per heavy atom. The Morgan fingerprint density at radius 3 is 2.47 bits per heavy atom. The molecule has 0 fully saturated rings. The maximum atomic E-state index is 5.33. The van der Waals surface area contributed by atoms with Crippen molar-refractivity contribution in [1.82, 2.24) is 5.32 Å². The quantitative estimate of drug-likeness (QED) is 0.695. The van der Waals surface area contributed by atoms with Crippen molar-refractivity contribution in [1.29, 1.82) is 0 Å². The molecule has 108 valence electrons. The molecule has 0 spiro atoms. The van der Waals surface area contributed by atoms with Crippen LogP contribution in [0.4, 0.5) is 0 Å². The first-order valence-electron chi connectivity index (χ1n) is 7.12. The molecule has 0 saturated carbocycles. The van der Waals surface area contributed by atoms with Gasteiger partial charge in [0.25, 0.3) is 0 Å². The molecule has 19 heavy (non-hydrogen) atoms. The van der Waals surface area contributed by atoms with Crippen molar-refractivity contribution in [2.75, 3.05) is 27.3 Å². The minimum Gasteiger partial charge on any atom is -0.493 e. The average molecular weight is 265 g/mol. The molecule has 0 aliphatic heterocycles. The molecule has 0 aliphatic rings. The van der Waals surface area contributed by atoms with E-state index < -0.39 is 0 Å². The summed E-state index contributed by atoms with van der Waals surface area (Å²) in [4.78, 5) is 0. The highest BCUT2D eigenvalue weighted by atomic mass is 16.5. The van der Waals surface area contributed by atoms with E-state index in [0.29, 0.717) is 0 Å². The maximum Gasteiger partial charge on any atom is 0.160 e. The van der Waals surface area contributed by atoms with Crippen LogP contribution in [0.15, 0.2) is 18.2 Å². The minimum absolute atomic E-state index is 0.743. The summed E-state index contributed by atoms with van der Waals surface area (Å²) in [7, 11) is 3.35. The second kappa shape index (κ2) is 8.81. The summed E-state index contributed by atoms with van der Waals surface area (Å²) in [5.74, 6) is 2.36. The fourth-order valence-electron chi connectivity index (χ4n) is 2.12. The van der Waals surface area contributed by atoms with Gasteiger partial charge in [-0.3, -0.25) is 0 Å². The van der Waals surface area contributed by atoms with Crippen molar-refractivity contribution in [3.8, 4) is 11.5 Å². The number of hydrogen-bond donors (Lipinski definition) is 1. The average Bonchev–Trinajstić information content (AvgIpc) is 2.45. The summed E-state index contributed by atoms with van der Waals surface area (Å²) < 4.78 is 10.6. The largest absolute Gasteiger partial charge is 0.493 e. The van der Waals surface area contributed by atoms with Crippen LogP contribution < -0.4 is 14.8 Å². The van der Waals surface area contributed by atoms with Crippen LogP contribution in [0.25, 0.3) is 0 Å². The zero-order valence-electron chi connectivity index (χ0n) is 12.7. The van der Waals surface area contributed by atoms with Crippen LogP contribution in [-0.4, -0.2) is 27.3 Å². The number of nitrogens with one attached hydrogen (secondary N) is 1. The Labute approximate surface area is 117 Å². The fourth-order valence-corrected chi connectivity index (χ4v) is 2.12. The van der Waals surface area contributed by atoms with Crippen molar-refractivity contribution in [3.63, 3.8) is 0 Å². The highest BCUT2D eigenvalue weighted by Crippen LogP contribution is 2.28. The first kappa shape index (κ1) is 15.8. The number of benzene rings is 1. The lowest BCUT2D eigenvalue weighted by atomic mass is 9.98. The van der Waals surface area contributed by atoms with Crippen molar-refractivity contribution < 1.29 is 9.47 Å². The van der Waals surface area contributed by atoms with Crippen molar-refractivity contribution in [2.24, 2.45) is 5.92 Å². The molecule has 3 heteroatoms. The second-order valence-electron chi connectivity index (χ2n) is 4.98. The Bertz CT molecular complexity index is 366. The van der Waals surface area contributed by atoms with Gasteiger partial charge in [0, 0.05) is 0 Å². The third-order valence-corrected chi connectivity index (χ3v) is 3.44. The molecule has 0 heterocycles. The molecule has 3 nitrogen and oxygen atoms in total. The molecule has 1 atom stereocenters. The molecule has 1 aromatic rings. The first-order chi connectivity index (χ1) is 9.21. The Hall–Kier alpha value is -1.22. The summed E-state index contributed by atoms with van der Waals surface area (Å²) in [6, 6.07) is 6.19. The van der Waals surface area contributed by atoms with Gasteiger partial charge in [-0.2, -0.15) is 0 Å². The number of methoxy groups -OCH3 is 2. The lowest BCUT2D eigenvalue weighted by molar-refractivity contribution is 0.354. The molecule has 0 bridgehead atoms. The lowest BCUT2D eigenvalue weighted by Gasteiger charge is -2.13.